The van der Waals surface area contributed by atoms with E-state index in [1.807, 2.05) is 95.7 Å². The van der Waals surface area contributed by atoms with Crippen molar-refractivity contribution in [3.63, 3.8) is 0 Å². The normalized spacial score (nSPS) is 15.3. The van der Waals surface area contributed by atoms with E-state index in [2.05, 4.69) is 4.98 Å². The molecule has 0 spiro atoms. The van der Waals surface area contributed by atoms with Crippen LogP contribution in [0.2, 0.25) is 0 Å². The summed E-state index contributed by atoms with van der Waals surface area (Å²) in [6.45, 7) is 1.38. The second kappa shape index (κ2) is 12.1. The first-order valence-corrected chi connectivity index (χ1v) is 12.8. The van der Waals surface area contributed by atoms with Gasteiger partial charge in [0.05, 0.1) is 17.9 Å². The Balaban J connectivity index is 1.42. The van der Waals surface area contributed by atoms with Gasteiger partial charge in [-0.2, -0.15) is 0 Å². The maximum absolute atomic E-state index is 13.4. The quantitative estimate of drug-likeness (QED) is 0.264. The van der Waals surface area contributed by atoms with E-state index in [1.165, 1.54) is 6.08 Å². The molecule has 1 amide bonds. The summed E-state index contributed by atoms with van der Waals surface area (Å²) < 4.78 is 7.95. The van der Waals surface area contributed by atoms with Crippen molar-refractivity contribution >= 4 is 17.8 Å². The van der Waals surface area contributed by atoms with Crippen molar-refractivity contribution in [3.05, 3.63) is 138 Å². The van der Waals surface area contributed by atoms with Crippen LogP contribution in [-0.2, 0) is 22.7 Å². The molecule has 1 aliphatic heterocycles. The van der Waals surface area contributed by atoms with Crippen LogP contribution in [0, 0.1) is 0 Å². The Labute approximate surface area is 227 Å². The molecule has 1 N–H and O–H groups in total. The first-order chi connectivity index (χ1) is 19.1. The molecule has 0 aliphatic carbocycles. The lowest BCUT2D eigenvalue weighted by molar-refractivity contribution is -0.129. The summed E-state index contributed by atoms with van der Waals surface area (Å²) in [5.74, 6) is -0.874. The summed E-state index contributed by atoms with van der Waals surface area (Å²) in [6.07, 6.45) is 8.99. The number of rotatable bonds is 11. The molecule has 4 aromatic rings. The second-order valence-electron chi connectivity index (χ2n) is 9.27. The lowest BCUT2D eigenvalue weighted by Crippen LogP contribution is -2.32. The summed E-state index contributed by atoms with van der Waals surface area (Å²) in [4.78, 5) is 32.3. The molecule has 0 saturated heterocycles. The van der Waals surface area contributed by atoms with Crippen LogP contribution in [0.5, 0.6) is 5.75 Å². The van der Waals surface area contributed by atoms with Gasteiger partial charge >= 0.3 is 0 Å². The smallest absolute Gasteiger partial charge is 0.290 e. The third-order valence-corrected chi connectivity index (χ3v) is 6.59. The van der Waals surface area contributed by atoms with E-state index >= 15 is 0 Å². The lowest BCUT2D eigenvalue weighted by atomic mass is 9.95. The molecule has 0 radical (unpaired) electrons. The highest BCUT2D eigenvalue weighted by molar-refractivity contribution is 6.14. The number of hydrogen-bond acceptors (Lipinski definition) is 5. The molecule has 1 atom stereocenters. The fraction of sp³-hybridized carbons (Fsp3) is 0.156. The van der Waals surface area contributed by atoms with Gasteiger partial charge in [0, 0.05) is 25.5 Å². The number of carbonyl (C=O) groups is 2. The predicted octanol–water partition coefficient (Wildman–Crippen LogP) is 5.53. The Morgan fingerprint density at radius 2 is 1.74 bits per heavy atom. The Morgan fingerprint density at radius 3 is 2.49 bits per heavy atom. The minimum atomic E-state index is -0.742. The summed E-state index contributed by atoms with van der Waals surface area (Å²) in [5, 5.41) is 10.9. The molecule has 1 aliphatic rings. The highest BCUT2D eigenvalue weighted by Crippen LogP contribution is 2.39. The zero-order chi connectivity index (χ0) is 27.0. The number of benzene rings is 3. The molecule has 1 unspecified atom stereocenters. The second-order valence-corrected chi connectivity index (χ2v) is 9.27. The molecule has 5 rings (SSSR count). The van der Waals surface area contributed by atoms with E-state index in [4.69, 9.17) is 4.74 Å². The number of aliphatic hydroxyl groups excluding tert-OH is 1. The third kappa shape index (κ3) is 6.15. The number of imidazole rings is 1. The van der Waals surface area contributed by atoms with Gasteiger partial charge in [0.1, 0.15) is 12.4 Å². The van der Waals surface area contributed by atoms with Crippen LogP contribution in [-0.4, -0.2) is 37.8 Å². The molecule has 7 nitrogen and oxygen atoms in total. The maximum Gasteiger partial charge on any atom is 0.290 e. The molecule has 1 aromatic heterocycles. The van der Waals surface area contributed by atoms with Gasteiger partial charge < -0.3 is 19.3 Å². The van der Waals surface area contributed by atoms with Crippen molar-refractivity contribution in [1.82, 2.24) is 14.5 Å². The molecule has 7 heteroatoms. The summed E-state index contributed by atoms with van der Waals surface area (Å²) in [5.41, 5.74) is 2.63. The topological polar surface area (TPSA) is 84.7 Å². The monoisotopic (exact) mass is 519 g/mol. The molecular weight excluding hydrogens is 490 g/mol. The summed E-state index contributed by atoms with van der Waals surface area (Å²) in [7, 11) is 0. The number of aromatic nitrogens is 2. The molecule has 2 heterocycles. The van der Waals surface area contributed by atoms with Gasteiger partial charge in [0.2, 0.25) is 0 Å². The van der Waals surface area contributed by atoms with Crippen molar-refractivity contribution in [3.8, 4) is 5.75 Å². The van der Waals surface area contributed by atoms with Gasteiger partial charge in [0.25, 0.3) is 5.91 Å². The largest absolute Gasteiger partial charge is 0.503 e. The van der Waals surface area contributed by atoms with Crippen LogP contribution in [0.3, 0.4) is 0 Å². The van der Waals surface area contributed by atoms with Gasteiger partial charge in [-0.1, -0.05) is 78.9 Å². The van der Waals surface area contributed by atoms with E-state index in [-0.39, 0.29) is 5.57 Å². The van der Waals surface area contributed by atoms with Crippen LogP contribution >= 0.6 is 0 Å². The number of aryl methyl sites for hydroxylation is 1. The van der Waals surface area contributed by atoms with Crippen molar-refractivity contribution in [2.75, 3.05) is 6.54 Å². The molecule has 0 saturated carbocycles. The SMILES string of the molecule is O=C(/C=C/c1ccccc1)C1=C(O)C(=O)N(CCCn2ccnc2)C1c1cccc(OCc2ccccc2)c1. The average molecular weight is 520 g/mol. The number of nitrogens with zero attached hydrogens (tertiary/aromatic N) is 3. The zero-order valence-corrected chi connectivity index (χ0v) is 21.4. The number of carbonyl (C=O) groups excluding carboxylic acids is 2. The van der Waals surface area contributed by atoms with Gasteiger partial charge in [0.15, 0.2) is 11.5 Å². The zero-order valence-electron chi connectivity index (χ0n) is 21.4. The molecule has 3 aromatic carbocycles. The van der Waals surface area contributed by atoms with Crippen molar-refractivity contribution < 1.29 is 19.4 Å². The standard InChI is InChI=1S/C32H29N3O4/c36-28(16-15-24-9-3-1-4-10-24)29-30(35(32(38)31(29)37)19-8-18-34-20-17-33-23-34)26-13-7-14-27(21-26)39-22-25-11-5-2-6-12-25/h1-7,9-17,20-21,23,30,37H,8,18-19,22H2/b16-15+. The fourth-order valence-electron chi connectivity index (χ4n) is 4.67. The number of aliphatic hydroxyl groups is 1. The van der Waals surface area contributed by atoms with Crippen LogP contribution in [0.25, 0.3) is 6.08 Å². The Hall–Kier alpha value is -4.91. The van der Waals surface area contributed by atoms with E-state index in [0.717, 1.165) is 11.1 Å². The molecular formula is C32H29N3O4. The highest BCUT2D eigenvalue weighted by atomic mass is 16.5. The third-order valence-electron chi connectivity index (χ3n) is 6.59. The predicted molar refractivity (Wildman–Crippen MR) is 149 cm³/mol. The van der Waals surface area contributed by atoms with Crippen LogP contribution in [0.15, 0.2) is 121 Å². The van der Waals surface area contributed by atoms with E-state index < -0.39 is 23.5 Å². The highest BCUT2D eigenvalue weighted by Gasteiger charge is 2.42. The minimum absolute atomic E-state index is 0.0648. The van der Waals surface area contributed by atoms with Gasteiger partial charge in [-0.05, 0) is 41.3 Å². The van der Waals surface area contributed by atoms with Gasteiger partial charge in [-0.3, -0.25) is 9.59 Å². The average Bonchev–Trinajstić information content (AvgIpc) is 3.58. The molecule has 196 valence electrons. The maximum atomic E-state index is 13.4. The van der Waals surface area contributed by atoms with Crippen molar-refractivity contribution in [1.29, 1.82) is 0 Å². The first-order valence-electron chi connectivity index (χ1n) is 12.8. The summed E-state index contributed by atoms with van der Waals surface area (Å²) >= 11 is 0. The van der Waals surface area contributed by atoms with E-state index in [0.29, 0.717) is 37.4 Å². The van der Waals surface area contributed by atoms with E-state index in [1.54, 1.807) is 23.5 Å². The van der Waals surface area contributed by atoms with Crippen molar-refractivity contribution in [2.45, 2.75) is 25.6 Å². The fourth-order valence-corrected chi connectivity index (χ4v) is 4.67. The molecule has 0 fully saturated rings. The number of ketones is 1. The Morgan fingerprint density at radius 1 is 0.974 bits per heavy atom. The minimum Gasteiger partial charge on any atom is -0.503 e. The van der Waals surface area contributed by atoms with Crippen LogP contribution in [0.1, 0.15) is 29.2 Å². The number of ether oxygens (including phenoxy) is 1. The van der Waals surface area contributed by atoms with E-state index in [9.17, 15) is 14.7 Å². The van der Waals surface area contributed by atoms with Gasteiger partial charge in [-0.15, -0.1) is 0 Å². The number of hydrogen-bond donors (Lipinski definition) is 1. The number of allylic oxidation sites excluding steroid dienone is 1. The molecule has 39 heavy (non-hydrogen) atoms. The Bertz CT molecular complexity index is 1480. The van der Waals surface area contributed by atoms with Crippen LogP contribution in [0.4, 0.5) is 0 Å². The summed E-state index contributed by atoms with van der Waals surface area (Å²) in [6, 6.07) is 25.9. The first kappa shape index (κ1) is 25.7. The Kier molecular flexibility index (Phi) is 7.98. The van der Waals surface area contributed by atoms with Crippen LogP contribution < -0.4 is 4.74 Å². The molecule has 0 bridgehead atoms. The number of amides is 1. The lowest BCUT2D eigenvalue weighted by Gasteiger charge is -2.27. The van der Waals surface area contributed by atoms with Crippen molar-refractivity contribution in [2.24, 2.45) is 0 Å². The van der Waals surface area contributed by atoms with Gasteiger partial charge in [-0.25, -0.2) is 4.98 Å².